The lowest BCUT2D eigenvalue weighted by molar-refractivity contribution is -0.121. The maximum absolute atomic E-state index is 11.8. The van der Waals surface area contributed by atoms with E-state index in [4.69, 9.17) is 0 Å². The second kappa shape index (κ2) is 6.23. The smallest absolute Gasteiger partial charge is 0.241 e. The number of nitrogens with zero attached hydrogens (tertiary/aromatic N) is 2. The molecule has 0 spiro atoms. The van der Waals surface area contributed by atoms with E-state index < -0.39 is 0 Å². The molecule has 0 fully saturated rings. The molecule has 0 aliphatic carbocycles. The third-order valence-electron chi connectivity index (χ3n) is 3.07. The molecule has 2 N–H and O–H groups in total. The molecule has 0 radical (unpaired) electrons. The molecule has 1 heterocycles. The molecule has 1 aromatic carbocycles. The van der Waals surface area contributed by atoms with Crippen molar-refractivity contribution in [2.75, 3.05) is 6.54 Å². The van der Waals surface area contributed by atoms with E-state index >= 15 is 0 Å². The highest BCUT2D eigenvalue weighted by Gasteiger charge is 2.06. The average Bonchev–Trinajstić information content (AvgIpc) is 2.70. The largest absolute Gasteiger partial charge is 0.508 e. The van der Waals surface area contributed by atoms with Gasteiger partial charge in [0.2, 0.25) is 5.91 Å². The van der Waals surface area contributed by atoms with Crippen LogP contribution in [0.4, 0.5) is 0 Å². The minimum absolute atomic E-state index is 0.0463. The number of carbonyl (C=O) groups is 1. The van der Waals surface area contributed by atoms with Crippen LogP contribution in [0.1, 0.15) is 17.0 Å². The number of hydrogen-bond acceptors (Lipinski definition) is 3. The summed E-state index contributed by atoms with van der Waals surface area (Å²) in [7, 11) is 0. The third-order valence-corrected chi connectivity index (χ3v) is 3.07. The Morgan fingerprint density at radius 3 is 2.60 bits per heavy atom. The number of carbonyl (C=O) groups excluding carboxylic acids is 1. The number of aromatic nitrogens is 2. The van der Waals surface area contributed by atoms with Crippen LogP contribution in [0.25, 0.3) is 0 Å². The normalized spacial score (nSPS) is 10.5. The quantitative estimate of drug-likeness (QED) is 0.869. The molecule has 5 heteroatoms. The van der Waals surface area contributed by atoms with E-state index in [0.717, 1.165) is 23.4 Å². The topological polar surface area (TPSA) is 67.2 Å². The molecule has 0 unspecified atom stereocenters. The van der Waals surface area contributed by atoms with Crippen LogP contribution in [0.5, 0.6) is 5.75 Å². The van der Waals surface area contributed by atoms with Crippen molar-refractivity contribution in [2.24, 2.45) is 0 Å². The average molecular weight is 273 g/mol. The molecule has 106 valence electrons. The Morgan fingerprint density at radius 1 is 1.30 bits per heavy atom. The summed E-state index contributed by atoms with van der Waals surface area (Å²) < 4.78 is 1.70. The fraction of sp³-hybridized carbons (Fsp3) is 0.333. The fourth-order valence-corrected chi connectivity index (χ4v) is 2.04. The molecular weight excluding hydrogens is 254 g/mol. The van der Waals surface area contributed by atoms with E-state index in [1.165, 1.54) is 0 Å². The van der Waals surface area contributed by atoms with Crippen molar-refractivity contribution in [1.29, 1.82) is 0 Å². The predicted molar refractivity (Wildman–Crippen MR) is 76.5 cm³/mol. The van der Waals surface area contributed by atoms with Crippen molar-refractivity contribution in [3.05, 3.63) is 47.3 Å². The molecule has 2 rings (SSSR count). The number of phenols is 1. The summed E-state index contributed by atoms with van der Waals surface area (Å²) in [4.78, 5) is 11.8. The van der Waals surface area contributed by atoms with Gasteiger partial charge in [-0.2, -0.15) is 5.10 Å². The van der Waals surface area contributed by atoms with Gasteiger partial charge in [0.05, 0.1) is 5.69 Å². The van der Waals surface area contributed by atoms with Crippen LogP contribution in [0.3, 0.4) is 0 Å². The Balaban J connectivity index is 1.78. The van der Waals surface area contributed by atoms with Gasteiger partial charge in [-0.05, 0) is 44.0 Å². The number of rotatable bonds is 5. The molecule has 0 aliphatic rings. The summed E-state index contributed by atoms with van der Waals surface area (Å²) >= 11 is 0. The number of benzene rings is 1. The number of nitrogens with one attached hydrogen (secondary N) is 1. The van der Waals surface area contributed by atoms with Gasteiger partial charge >= 0.3 is 0 Å². The van der Waals surface area contributed by atoms with E-state index in [1.54, 1.807) is 16.8 Å². The van der Waals surface area contributed by atoms with Gasteiger partial charge in [-0.15, -0.1) is 0 Å². The molecule has 5 nitrogen and oxygen atoms in total. The Hall–Kier alpha value is -2.30. The lowest BCUT2D eigenvalue weighted by Crippen LogP contribution is -2.30. The van der Waals surface area contributed by atoms with Crippen molar-refractivity contribution in [2.45, 2.75) is 26.8 Å². The number of phenolic OH excluding ortho intramolecular Hbond substituents is 1. The van der Waals surface area contributed by atoms with Gasteiger partial charge in [-0.3, -0.25) is 9.48 Å². The minimum Gasteiger partial charge on any atom is -0.508 e. The zero-order valence-electron chi connectivity index (χ0n) is 11.8. The summed E-state index contributed by atoms with van der Waals surface area (Å²) in [5.41, 5.74) is 2.98. The first-order chi connectivity index (χ1) is 9.54. The molecule has 0 aliphatic heterocycles. The maximum atomic E-state index is 11.8. The Morgan fingerprint density at radius 2 is 2.00 bits per heavy atom. The van der Waals surface area contributed by atoms with Gasteiger partial charge in [0.1, 0.15) is 12.3 Å². The van der Waals surface area contributed by atoms with E-state index in [2.05, 4.69) is 10.4 Å². The molecule has 20 heavy (non-hydrogen) atoms. The molecule has 0 bridgehead atoms. The molecule has 1 aromatic heterocycles. The SMILES string of the molecule is Cc1cc(C)n(CC(=O)NCCc2ccc(O)cc2)n1. The second-order valence-corrected chi connectivity index (χ2v) is 4.85. The number of hydrogen-bond donors (Lipinski definition) is 2. The van der Waals surface area contributed by atoms with E-state index in [-0.39, 0.29) is 18.2 Å². The van der Waals surface area contributed by atoms with Gasteiger partial charge in [-0.1, -0.05) is 12.1 Å². The van der Waals surface area contributed by atoms with Gasteiger partial charge < -0.3 is 10.4 Å². The number of amides is 1. The number of aromatic hydroxyl groups is 1. The van der Waals surface area contributed by atoms with Crippen molar-refractivity contribution >= 4 is 5.91 Å². The van der Waals surface area contributed by atoms with Crippen LogP contribution in [-0.4, -0.2) is 27.3 Å². The predicted octanol–water partition coefficient (Wildman–Crippen LogP) is 1.56. The third kappa shape index (κ3) is 3.85. The minimum atomic E-state index is -0.0463. The lowest BCUT2D eigenvalue weighted by atomic mass is 10.1. The van der Waals surface area contributed by atoms with Crippen molar-refractivity contribution in [1.82, 2.24) is 15.1 Å². The lowest BCUT2D eigenvalue weighted by Gasteiger charge is -2.07. The van der Waals surface area contributed by atoms with Gasteiger partial charge in [0, 0.05) is 12.2 Å². The van der Waals surface area contributed by atoms with Crippen LogP contribution in [0, 0.1) is 13.8 Å². The first kappa shape index (κ1) is 14.1. The van der Waals surface area contributed by atoms with Crippen LogP contribution in [-0.2, 0) is 17.8 Å². The number of aryl methyl sites for hydroxylation is 2. The van der Waals surface area contributed by atoms with Gasteiger partial charge in [0.15, 0.2) is 0 Å². The molecule has 0 saturated carbocycles. The van der Waals surface area contributed by atoms with Crippen molar-refractivity contribution in [3.8, 4) is 5.75 Å². The highest BCUT2D eigenvalue weighted by molar-refractivity contribution is 5.75. The zero-order valence-corrected chi connectivity index (χ0v) is 11.8. The van der Waals surface area contributed by atoms with E-state index in [9.17, 15) is 9.90 Å². The molecule has 0 saturated heterocycles. The molecule has 0 atom stereocenters. The summed E-state index contributed by atoms with van der Waals surface area (Å²) in [6, 6.07) is 8.94. The van der Waals surface area contributed by atoms with Crippen LogP contribution < -0.4 is 5.32 Å². The monoisotopic (exact) mass is 273 g/mol. The second-order valence-electron chi connectivity index (χ2n) is 4.85. The Bertz CT molecular complexity index is 588. The van der Waals surface area contributed by atoms with Crippen LogP contribution in [0.15, 0.2) is 30.3 Å². The summed E-state index contributed by atoms with van der Waals surface area (Å²) in [6.07, 6.45) is 0.739. The van der Waals surface area contributed by atoms with Gasteiger partial charge in [0.25, 0.3) is 0 Å². The fourth-order valence-electron chi connectivity index (χ4n) is 2.04. The first-order valence-corrected chi connectivity index (χ1v) is 6.60. The molecule has 1 amide bonds. The Kier molecular flexibility index (Phi) is 4.40. The first-order valence-electron chi connectivity index (χ1n) is 6.60. The molecule has 2 aromatic rings. The van der Waals surface area contributed by atoms with E-state index in [0.29, 0.717) is 6.54 Å². The van der Waals surface area contributed by atoms with Crippen LogP contribution in [0.2, 0.25) is 0 Å². The maximum Gasteiger partial charge on any atom is 0.241 e. The van der Waals surface area contributed by atoms with Gasteiger partial charge in [-0.25, -0.2) is 0 Å². The van der Waals surface area contributed by atoms with Crippen molar-refractivity contribution in [3.63, 3.8) is 0 Å². The van der Waals surface area contributed by atoms with E-state index in [1.807, 2.05) is 32.0 Å². The Labute approximate surface area is 118 Å². The standard InChI is InChI=1S/C15H19N3O2/c1-11-9-12(2)18(17-11)10-15(20)16-8-7-13-3-5-14(19)6-4-13/h3-6,9,19H,7-8,10H2,1-2H3,(H,16,20). The summed E-state index contributed by atoms with van der Waals surface area (Å²) in [5.74, 6) is 0.206. The highest BCUT2D eigenvalue weighted by atomic mass is 16.3. The summed E-state index contributed by atoms with van der Waals surface area (Å²) in [5, 5.41) is 16.3. The van der Waals surface area contributed by atoms with Crippen molar-refractivity contribution < 1.29 is 9.90 Å². The van der Waals surface area contributed by atoms with Crippen LogP contribution >= 0.6 is 0 Å². The summed E-state index contributed by atoms with van der Waals surface area (Å²) in [6.45, 7) is 4.66. The highest BCUT2D eigenvalue weighted by Crippen LogP contribution is 2.09. The molecular formula is C15H19N3O2. The zero-order chi connectivity index (χ0) is 14.5.